The Balaban J connectivity index is 1.48. The number of pyridine rings is 1. The summed E-state index contributed by atoms with van der Waals surface area (Å²) in [6.45, 7) is 10.9. The van der Waals surface area contributed by atoms with Crippen molar-refractivity contribution in [3.05, 3.63) is 61.6 Å². The number of rotatable bonds is 9. The summed E-state index contributed by atoms with van der Waals surface area (Å²) in [4.78, 5) is 33.9. The van der Waals surface area contributed by atoms with Gasteiger partial charge in [-0.25, -0.2) is 0 Å². The van der Waals surface area contributed by atoms with Crippen molar-refractivity contribution in [2.24, 2.45) is 0 Å². The minimum Gasteiger partial charge on any atom is -0.448 e. The van der Waals surface area contributed by atoms with Gasteiger partial charge in [-0.3, -0.25) is 9.59 Å². The third-order valence-corrected chi connectivity index (χ3v) is 9.10. The molecule has 1 N–H and O–H groups in total. The Morgan fingerprint density at radius 3 is 2.50 bits per heavy atom. The molecule has 2 aliphatic heterocycles. The van der Waals surface area contributed by atoms with E-state index in [0.717, 1.165) is 90.6 Å². The van der Waals surface area contributed by atoms with E-state index in [0.29, 0.717) is 30.4 Å². The van der Waals surface area contributed by atoms with Crippen LogP contribution in [0.3, 0.4) is 0 Å². The van der Waals surface area contributed by atoms with Gasteiger partial charge in [-0.15, -0.1) is 0 Å². The van der Waals surface area contributed by atoms with Gasteiger partial charge in [0.25, 0.3) is 11.5 Å². The Morgan fingerprint density at radius 1 is 1.10 bits per heavy atom. The van der Waals surface area contributed by atoms with Gasteiger partial charge < -0.3 is 24.3 Å². The largest absolute Gasteiger partial charge is 0.448 e. The molecular formula is C33H45N3O4. The summed E-state index contributed by atoms with van der Waals surface area (Å²) in [5.41, 5.74) is 7.26. The normalized spacial score (nSPS) is 20.8. The molecule has 3 aliphatic rings. The van der Waals surface area contributed by atoms with Gasteiger partial charge in [0.05, 0.1) is 12.1 Å². The highest BCUT2D eigenvalue weighted by Gasteiger charge is 2.43. The first-order chi connectivity index (χ1) is 19.0. The van der Waals surface area contributed by atoms with Crippen LogP contribution in [0.5, 0.6) is 11.5 Å². The summed E-state index contributed by atoms with van der Waals surface area (Å²) in [5.74, 6) is 0.738. The van der Waals surface area contributed by atoms with Crippen LogP contribution in [0.1, 0.15) is 103 Å². The van der Waals surface area contributed by atoms with Crippen LogP contribution in [-0.2, 0) is 13.0 Å². The van der Waals surface area contributed by atoms with Crippen molar-refractivity contribution in [1.29, 1.82) is 0 Å². The number of aryl methyl sites for hydroxylation is 2. The molecule has 0 saturated carbocycles. The van der Waals surface area contributed by atoms with Crippen molar-refractivity contribution in [2.45, 2.75) is 104 Å². The number of nitrogens with zero attached hydrogens (tertiary/aromatic N) is 2. The average Bonchev–Trinajstić information content (AvgIpc) is 3.53. The number of amides is 1. The SMILES string of the molecule is CCC(CCCC1(C)Oc2c(C)c3c(c(C4=CCCC4)c2O1)CCN(Cc1c(C)cc(C)[nH]c1=O)C3=O)N(C)C. The number of aromatic nitrogens is 1. The second-order valence-corrected chi connectivity index (χ2v) is 12.3. The predicted octanol–water partition coefficient (Wildman–Crippen LogP) is 6.06. The molecule has 0 fully saturated rings. The zero-order chi connectivity index (χ0) is 28.8. The lowest BCUT2D eigenvalue weighted by molar-refractivity contribution is -0.0707. The molecule has 2 unspecified atom stereocenters. The molecule has 1 aromatic carbocycles. The minimum atomic E-state index is -0.759. The van der Waals surface area contributed by atoms with Gasteiger partial charge in [-0.2, -0.15) is 0 Å². The van der Waals surface area contributed by atoms with Crippen LogP contribution in [0.2, 0.25) is 0 Å². The monoisotopic (exact) mass is 547 g/mol. The fourth-order valence-electron chi connectivity index (χ4n) is 6.85. The number of hydrogen-bond acceptors (Lipinski definition) is 5. The fourth-order valence-corrected chi connectivity index (χ4v) is 6.85. The van der Waals surface area contributed by atoms with E-state index in [9.17, 15) is 9.59 Å². The number of nitrogens with one attached hydrogen (secondary N) is 1. The topological polar surface area (TPSA) is 74.9 Å². The minimum absolute atomic E-state index is 0.0326. The van der Waals surface area contributed by atoms with Crippen LogP contribution in [0.25, 0.3) is 5.57 Å². The lowest BCUT2D eigenvalue weighted by Crippen LogP contribution is -2.39. The zero-order valence-corrected chi connectivity index (χ0v) is 25.3. The molecule has 0 radical (unpaired) electrons. The van der Waals surface area contributed by atoms with E-state index in [1.165, 1.54) is 5.57 Å². The smallest absolute Gasteiger partial charge is 0.254 e. The number of carbonyl (C=O) groups is 1. The van der Waals surface area contributed by atoms with Crippen LogP contribution in [0.4, 0.5) is 0 Å². The van der Waals surface area contributed by atoms with Crippen molar-refractivity contribution < 1.29 is 14.3 Å². The van der Waals surface area contributed by atoms with Crippen LogP contribution < -0.4 is 15.0 Å². The quantitative estimate of drug-likeness (QED) is 0.413. The molecule has 1 aromatic heterocycles. The van der Waals surface area contributed by atoms with E-state index in [1.54, 1.807) is 0 Å². The standard InChI is InChI=1S/C33H45N3O4/c1-8-24(35(6)7)14-11-16-33(5)39-29-22(4)27-25(28(30(29)40-33)23-12-9-10-13-23)15-17-36(32(27)38)19-26-20(2)18-21(3)34-31(26)37/h12,18,24H,8-11,13-17,19H2,1-7H3,(H,34,37). The number of allylic oxidation sites excluding steroid dienone is 2. The highest BCUT2D eigenvalue weighted by atomic mass is 16.7. The van der Waals surface area contributed by atoms with Crippen LogP contribution >= 0.6 is 0 Å². The van der Waals surface area contributed by atoms with Crippen LogP contribution in [-0.4, -0.2) is 53.2 Å². The molecule has 2 atom stereocenters. The van der Waals surface area contributed by atoms with Gasteiger partial charge in [0.15, 0.2) is 11.5 Å². The fraction of sp³-hybridized carbons (Fsp3) is 0.576. The molecule has 1 aliphatic carbocycles. The number of hydrogen-bond donors (Lipinski definition) is 1. The highest BCUT2D eigenvalue weighted by Crippen LogP contribution is 2.53. The zero-order valence-electron chi connectivity index (χ0n) is 25.3. The Hall–Kier alpha value is -3.06. The van der Waals surface area contributed by atoms with E-state index < -0.39 is 5.79 Å². The van der Waals surface area contributed by atoms with Gasteiger partial charge in [-0.1, -0.05) is 13.0 Å². The maximum Gasteiger partial charge on any atom is 0.254 e. The van der Waals surface area contributed by atoms with E-state index in [2.05, 4.69) is 37.0 Å². The first-order valence-electron chi connectivity index (χ1n) is 14.9. The maximum atomic E-state index is 14.1. The highest BCUT2D eigenvalue weighted by molar-refractivity contribution is 6.01. The van der Waals surface area contributed by atoms with Gasteiger partial charge in [-0.05, 0) is 103 Å². The third kappa shape index (κ3) is 5.20. The molecule has 3 heterocycles. The summed E-state index contributed by atoms with van der Waals surface area (Å²) < 4.78 is 13.3. The second-order valence-electron chi connectivity index (χ2n) is 12.3. The lowest BCUT2D eigenvalue weighted by atomic mass is 9.85. The molecule has 216 valence electrons. The van der Waals surface area contributed by atoms with E-state index in [-0.39, 0.29) is 11.5 Å². The van der Waals surface area contributed by atoms with E-state index >= 15 is 0 Å². The molecule has 40 heavy (non-hydrogen) atoms. The molecule has 5 rings (SSSR count). The van der Waals surface area contributed by atoms with Crippen LogP contribution in [0, 0.1) is 20.8 Å². The van der Waals surface area contributed by atoms with Gasteiger partial charge in [0.2, 0.25) is 5.79 Å². The first kappa shape index (κ1) is 28.5. The number of benzene rings is 1. The van der Waals surface area contributed by atoms with Crippen molar-refractivity contribution in [3.63, 3.8) is 0 Å². The Kier molecular flexibility index (Phi) is 7.88. The molecule has 2 aromatic rings. The third-order valence-electron chi connectivity index (χ3n) is 9.10. The second kappa shape index (κ2) is 11.1. The van der Waals surface area contributed by atoms with Crippen molar-refractivity contribution >= 4 is 11.5 Å². The molecule has 7 nitrogen and oxygen atoms in total. The van der Waals surface area contributed by atoms with Crippen molar-refractivity contribution in [2.75, 3.05) is 20.6 Å². The Labute approximate surface area is 238 Å². The van der Waals surface area contributed by atoms with Gasteiger partial charge >= 0.3 is 0 Å². The number of fused-ring (bicyclic) bond motifs is 2. The van der Waals surface area contributed by atoms with Crippen molar-refractivity contribution in [3.8, 4) is 11.5 Å². The molecular weight excluding hydrogens is 502 g/mol. The van der Waals surface area contributed by atoms with Gasteiger partial charge in [0.1, 0.15) is 0 Å². The summed E-state index contributed by atoms with van der Waals surface area (Å²) >= 11 is 0. The number of aromatic amines is 1. The summed E-state index contributed by atoms with van der Waals surface area (Å²) in [6, 6.07) is 2.50. The predicted molar refractivity (Wildman–Crippen MR) is 159 cm³/mol. The van der Waals surface area contributed by atoms with Crippen LogP contribution in [0.15, 0.2) is 16.9 Å². The number of carbonyl (C=O) groups excluding carboxylic acids is 1. The van der Waals surface area contributed by atoms with E-state index in [1.807, 2.05) is 38.7 Å². The summed E-state index contributed by atoms with van der Waals surface area (Å²) in [6.07, 6.45) is 10.2. The first-order valence-corrected chi connectivity index (χ1v) is 14.9. The summed E-state index contributed by atoms with van der Waals surface area (Å²) in [5, 5.41) is 0. The maximum absolute atomic E-state index is 14.1. The average molecular weight is 548 g/mol. The molecule has 7 heteroatoms. The molecule has 1 amide bonds. The lowest BCUT2D eigenvalue weighted by Gasteiger charge is -2.32. The van der Waals surface area contributed by atoms with E-state index in [4.69, 9.17) is 9.47 Å². The van der Waals surface area contributed by atoms with Crippen molar-refractivity contribution in [1.82, 2.24) is 14.8 Å². The molecule has 0 bridgehead atoms. The van der Waals surface area contributed by atoms with Gasteiger partial charge in [0, 0.05) is 48.3 Å². The number of H-pyrrole nitrogens is 1. The number of ether oxygens (including phenoxy) is 2. The summed E-state index contributed by atoms with van der Waals surface area (Å²) in [7, 11) is 4.28. The Morgan fingerprint density at radius 2 is 1.85 bits per heavy atom. The molecule has 0 spiro atoms. The molecule has 0 saturated heterocycles. The Bertz CT molecular complexity index is 1410.